The number of carbonyl (C=O) groups excluding carboxylic acids is 2. The van der Waals surface area contributed by atoms with Crippen molar-refractivity contribution < 1.29 is 52.2 Å². The number of methoxy groups -OCH3 is 4. The first-order chi connectivity index (χ1) is 28.9. The van der Waals surface area contributed by atoms with Crippen molar-refractivity contribution in [2.75, 3.05) is 42.5 Å². The van der Waals surface area contributed by atoms with E-state index in [0.29, 0.717) is 12.5 Å². The normalized spacial score (nSPS) is 43.7. The molecule has 2 saturated carbocycles. The van der Waals surface area contributed by atoms with Gasteiger partial charge in [-0.25, -0.2) is 0 Å². The Balaban J connectivity index is 1.22. The summed E-state index contributed by atoms with van der Waals surface area (Å²) in [7, 11) is 10.9. The highest BCUT2D eigenvalue weighted by molar-refractivity contribution is 5.86. The van der Waals surface area contributed by atoms with Gasteiger partial charge in [-0.1, -0.05) is 38.1 Å². The fraction of sp³-hybridized carbons (Fsp3) is 0.792. The summed E-state index contributed by atoms with van der Waals surface area (Å²) in [4.78, 5) is 31.9. The Morgan fingerprint density at radius 2 is 1.57 bits per heavy atom. The van der Waals surface area contributed by atoms with E-state index in [2.05, 4.69) is 64.1 Å². The van der Waals surface area contributed by atoms with Gasteiger partial charge in [-0.2, -0.15) is 0 Å². The molecule has 1 aromatic rings. The van der Waals surface area contributed by atoms with Crippen LogP contribution in [0.3, 0.4) is 0 Å². The minimum atomic E-state index is -0.635. The molecule has 0 N–H and O–H groups in total. The van der Waals surface area contributed by atoms with Crippen LogP contribution in [0, 0.1) is 41.4 Å². The summed E-state index contributed by atoms with van der Waals surface area (Å²) < 4.78 is 56.4. The summed E-state index contributed by atoms with van der Waals surface area (Å²) in [6.45, 7) is 8.23. The standard InChI is InChI=1S/C48H73NO11/c1-11-31-15-13-17-38(60-40-21-20-37(49(5)6)27(3)56-40)26(2)44(51)43-36(25-39(50)58-31)34-19-18-29-22-33(59-48-47(55-10)46(54-9)45(53-8)28(4)57-48)24-35(29)42(34)41(43)30-14-12-16-32(23-30)52-7/h12,14,16,18-19,23,26-29,31,33-38,40-43,45-48H,11,13,15,17,20-22,24-25H2,1-10H3/t26-,27?,28?,29-,31+,33-,34+,35-,36+,37+,38+,40+,41?,42-,43?,45+,46?,47+,48+/m1/s1. The van der Waals surface area contributed by atoms with Crippen LogP contribution in [0.2, 0.25) is 0 Å². The largest absolute Gasteiger partial charge is 0.497 e. The summed E-state index contributed by atoms with van der Waals surface area (Å²) >= 11 is 0. The van der Waals surface area contributed by atoms with Crippen LogP contribution in [0.1, 0.15) is 97.0 Å². The lowest BCUT2D eigenvalue weighted by Gasteiger charge is -2.44. The van der Waals surface area contributed by atoms with Gasteiger partial charge in [0.2, 0.25) is 0 Å². The Labute approximate surface area is 358 Å². The SMILES string of the molecule is CC[C@H]1CCC[C@H](O[C@H]2CC[C@H](N(C)C)C(C)O2)[C@@H](C)C(=O)C2C(c3cccc(OC)c3)[C@@H]3[C@@H](C=C[C@@H]4C[C@@H](O[C@@H]5OC(C)[C@H](OC)C(OC)[C@@H]5OC)C[C@@H]34)[C@@H]2CC(=O)O1. The van der Waals surface area contributed by atoms with Crippen LogP contribution in [0.5, 0.6) is 5.75 Å². The molecule has 19 atom stereocenters. The van der Waals surface area contributed by atoms with E-state index in [1.807, 2.05) is 19.1 Å². The van der Waals surface area contributed by atoms with Crippen molar-refractivity contribution in [2.24, 2.45) is 41.4 Å². The molecule has 5 fully saturated rings. The lowest BCUT2D eigenvalue weighted by molar-refractivity contribution is -0.314. The van der Waals surface area contributed by atoms with Gasteiger partial charge in [-0.15, -0.1) is 0 Å². The number of hydrogen-bond acceptors (Lipinski definition) is 12. The van der Waals surface area contributed by atoms with E-state index < -0.39 is 24.2 Å². The average molecular weight is 840 g/mol. The van der Waals surface area contributed by atoms with Crippen LogP contribution >= 0.6 is 0 Å². The highest BCUT2D eigenvalue weighted by Gasteiger charge is 2.60. The van der Waals surface area contributed by atoms with Gasteiger partial charge in [0.1, 0.15) is 35.9 Å². The molecule has 0 radical (unpaired) electrons. The summed E-state index contributed by atoms with van der Waals surface area (Å²) in [6.07, 6.45) is 8.11. The van der Waals surface area contributed by atoms with Crippen LogP contribution in [0.4, 0.5) is 0 Å². The number of esters is 1. The molecular weight excluding hydrogens is 767 g/mol. The highest BCUT2D eigenvalue weighted by Crippen LogP contribution is 2.63. The number of ketones is 1. The van der Waals surface area contributed by atoms with Crippen LogP contribution in [-0.4, -0.2) is 127 Å². The number of carbonyl (C=O) groups is 2. The third-order valence-electron chi connectivity index (χ3n) is 15.3. The van der Waals surface area contributed by atoms with Crippen molar-refractivity contribution in [1.29, 1.82) is 0 Å². The first-order valence-electron chi connectivity index (χ1n) is 22.8. The number of benzene rings is 1. The topological polar surface area (TPSA) is 120 Å². The van der Waals surface area contributed by atoms with Crippen LogP contribution < -0.4 is 4.74 Å². The zero-order valence-electron chi connectivity index (χ0n) is 37.7. The molecule has 60 heavy (non-hydrogen) atoms. The van der Waals surface area contributed by atoms with E-state index in [0.717, 1.165) is 56.3 Å². The van der Waals surface area contributed by atoms with E-state index in [1.165, 1.54) is 0 Å². The number of rotatable bonds is 11. The molecule has 3 aliphatic heterocycles. The maximum absolute atomic E-state index is 15.6. The molecule has 6 aliphatic rings. The number of fused-ring (bicyclic) bond motifs is 5. The monoisotopic (exact) mass is 840 g/mol. The molecule has 12 nitrogen and oxygen atoms in total. The quantitative estimate of drug-likeness (QED) is 0.169. The lowest BCUT2D eigenvalue weighted by Crippen LogP contribution is -2.59. The number of allylic oxidation sites excluding steroid dienone is 2. The molecular formula is C48H73NO11. The number of ether oxygens (including phenoxy) is 9. The maximum Gasteiger partial charge on any atom is 0.306 e. The van der Waals surface area contributed by atoms with Crippen molar-refractivity contribution >= 4 is 11.8 Å². The molecule has 5 unspecified atom stereocenters. The van der Waals surface area contributed by atoms with Gasteiger partial charge in [0.15, 0.2) is 12.6 Å². The predicted octanol–water partition coefficient (Wildman–Crippen LogP) is 6.97. The summed E-state index contributed by atoms with van der Waals surface area (Å²) in [5, 5.41) is 0. The molecule has 0 aromatic heterocycles. The van der Waals surface area contributed by atoms with Gasteiger partial charge in [0, 0.05) is 45.6 Å². The molecule has 12 heteroatoms. The molecule has 3 heterocycles. The molecule has 336 valence electrons. The van der Waals surface area contributed by atoms with Crippen molar-refractivity contribution in [3.05, 3.63) is 42.0 Å². The number of cyclic esters (lactones) is 1. The summed E-state index contributed by atoms with van der Waals surface area (Å²) in [5.74, 6) is -0.0748. The van der Waals surface area contributed by atoms with Gasteiger partial charge >= 0.3 is 5.97 Å². The summed E-state index contributed by atoms with van der Waals surface area (Å²) in [6, 6.07) is 8.54. The minimum absolute atomic E-state index is 0.00996. The summed E-state index contributed by atoms with van der Waals surface area (Å²) in [5.41, 5.74) is 1.07. The van der Waals surface area contributed by atoms with Crippen molar-refractivity contribution in [3.63, 3.8) is 0 Å². The highest BCUT2D eigenvalue weighted by atomic mass is 16.7. The number of likely N-dealkylation sites (N-methyl/N-ethyl adjacent to an activating group) is 1. The third kappa shape index (κ3) is 9.28. The van der Waals surface area contributed by atoms with Gasteiger partial charge in [-0.3, -0.25) is 9.59 Å². The van der Waals surface area contributed by atoms with Crippen molar-refractivity contribution in [1.82, 2.24) is 4.90 Å². The van der Waals surface area contributed by atoms with Gasteiger partial charge in [0.05, 0.1) is 31.5 Å². The van der Waals surface area contributed by atoms with Crippen LogP contribution in [0.15, 0.2) is 36.4 Å². The van der Waals surface area contributed by atoms with Gasteiger partial charge in [0.25, 0.3) is 0 Å². The van der Waals surface area contributed by atoms with E-state index in [9.17, 15) is 4.79 Å². The Bertz CT molecular complexity index is 1620. The Hall–Kier alpha value is -2.42. The zero-order valence-corrected chi connectivity index (χ0v) is 37.7. The molecule has 0 spiro atoms. The van der Waals surface area contributed by atoms with Crippen molar-refractivity contribution in [3.8, 4) is 5.75 Å². The number of Topliss-reactive ketones (excluding diaryl/α,β-unsaturated/α-hetero) is 1. The van der Waals surface area contributed by atoms with E-state index >= 15 is 4.79 Å². The number of nitrogens with zero attached hydrogens (tertiary/aromatic N) is 1. The second kappa shape index (κ2) is 20.0. The van der Waals surface area contributed by atoms with Gasteiger partial charge < -0.3 is 47.5 Å². The molecule has 7 rings (SSSR count). The van der Waals surface area contributed by atoms with Gasteiger partial charge in [-0.05, 0) is 133 Å². The third-order valence-corrected chi connectivity index (χ3v) is 15.3. The second-order valence-corrected chi connectivity index (χ2v) is 18.8. The van der Waals surface area contributed by atoms with E-state index in [1.54, 1.807) is 28.4 Å². The van der Waals surface area contributed by atoms with Crippen LogP contribution in [0.25, 0.3) is 0 Å². The first-order valence-corrected chi connectivity index (χ1v) is 22.8. The Morgan fingerprint density at radius 3 is 2.25 bits per heavy atom. The Morgan fingerprint density at radius 1 is 0.800 bits per heavy atom. The molecule has 1 aromatic carbocycles. The minimum Gasteiger partial charge on any atom is -0.497 e. The fourth-order valence-corrected chi connectivity index (χ4v) is 12.4. The Kier molecular flexibility index (Phi) is 15.2. The molecule has 0 bridgehead atoms. The maximum atomic E-state index is 15.6. The fourth-order valence-electron chi connectivity index (χ4n) is 12.4. The van der Waals surface area contributed by atoms with Crippen LogP contribution in [-0.2, 0) is 47.5 Å². The van der Waals surface area contributed by atoms with E-state index in [4.69, 9.17) is 42.6 Å². The smallest absolute Gasteiger partial charge is 0.306 e. The lowest BCUT2D eigenvalue weighted by atomic mass is 9.67. The second-order valence-electron chi connectivity index (χ2n) is 18.8. The average Bonchev–Trinajstić information content (AvgIpc) is 3.79. The number of hydrogen-bond donors (Lipinski definition) is 0. The molecule has 0 amide bonds. The van der Waals surface area contributed by atoms with Crippen molar-refractivity contribution in [2.45, 2.75) is 159 Å². The molecule has 3 aliphatic carbocycles. The molecule has 3 saturated heterocycles. The first kappa shape index (κ1) is 45.6. The van der Waals surface area contributed by atoms with E-state index in [-0.39, 0.29) is 103 Å². The predicted molar refractivity (Wildman–Crippen MR) is 225 cm³/mol. The zero-order chi connectivity index (χ0) is 42.8.